The number of rotatable bonds is 4. The number of piperidine rings is 2. The minimum Gasteiger partial charge on any atom is -0.195 e. The van der Waals surface area contributed by atoms with Crippen molar-refractivity contribution < 1.29 is 16.8 Å². The Balaban J connectivity index is 1.68. The van der Waals surface area contributed by atoms with Gasteiger partial charge < -0.3 is 0 Å². The number of nitrogens with zero attached hydrogens (tertiary/aromatic N) is 4. The van der Waals surface area contributed by atoms with Gasteiger partial charge in [0.2, 0.25) is 0 Å². The van der Waals surface area contributed by atoms with Crippen molar-refractivity contribution in [2.45, 2.75) is 47.0 Å². The minimum absolute atomic E-state index is 0.222. The quantitative estimate of drug-likeness (QED) is 0.649. The molecule has 0 aromatic carbocycles. The van der Waals surface area contributed by atoms with Gasteiger partial charge in [-0.1, -0.05) is 27.7 Å². The smallest absolute Gasteiger partial charge is 0.195 e. The maximum absolute atomic E-state index is 13.2. The highest BCUT2D eigenvalue weighted by atomic mass is 32.2. The lowest BCUT2D eigenvalue weighted by Crippen LogP contribution is -2.52. The Morgan fingerprint density at radius 2 is 0.828 bits per heavy atom. The molecule has 8 nitrogen and oxygen atoms in total. The molecule has 4 atom stereocenters. The molecule has 0 N–H and O–H groups in total. The SMILES string of the molecule is C[C@@H]1C[C@@H](C)CN(S(=O)(=O)N2CCCN(S(=O)(=O)N3C[C@H](C)C[C@@H](C)C3)CC2)C1. The van der Waals surface area contributed by atoms with Gasteiger partial charge in [-0.25, -0.2) is 0 Å². The van der Waals surface area contributed by atoms with Crippen LogP contribution in [0.25, 0.3) is 0 Å². The molecule has 0 radical (unpaired) electrons. The highest BCUT2D eigenvalue weighted by molar-refractivity contribution is 7.87. The Labute approximate surface area is 177 Å². The van der Waals surface area contributed by atoms with Crippen molar-refractivity contribution in [3.63, 3.8) is 0 Å². The summed E-state index contributed by atoms with van der Waals surface area (Å²) in [4.78, 5) is 0. The molecular formula is C19H38N4O4S2. The van der Waals surface area contributed by atoms with E-state index < -0.39 is 20.4 Å². The standard InChI is InChI=1S/C19H38N4O4S2/c1-16-10-17(2)13-22(12-16)28(24,25)20-6-5-7-21(9-8-20)29(26,27)23-14-18(3)11-19(4)15-23/h16-19H,5-15H2,1-4H3/t16-,17-,18-,19-/m1/s1. The molecule has 3 aliphatic heterocycles. The van der Waals surface area contributed by atoms with Crippen LogP contribution in [0.15, 0.2) is 0 Å². The summed E-state index contributed by atoms with van der Waals surface area (Å²) < 4.78 is 59.0. The van der Waals surface area contributed by atoms with Gasteiger partial charge in [0.15, 0.2) is 0 Å². The molecular weight excluding hydrogens is 412 g/mol. The predicted molar refractivity (Wildman–Crippen MR) is 115 cm³/mol. The molecule has 0 aliphatic carbocycles. The first kappa shape index (κ1) is 23.4. The third-order valence-corrected chi connectivity index (χ3v) is 10.3. The second kappa shape index (κ2) is 9.08. The Hall–Kier alpha value is -0.260. The molecule has 0 unspecified atom stereocenters. The van der Waals surface area contributed by atoms with Crippen LogP contribution in [0.4, 0.5) is 0 Å². The number of hydrogen-bond donors (Lipinski definition) is 0. The zero-order valence-corrected chi connectivity index (χ0v) is 20.0. The fraction of sp³-hybridized carbons (Fsp3) is 1.00. The molecule has 0 spiro atoms. The summed E-state index contributed by atoms with van der Waals surface area (Å²) in [5, 5.41) is 0. The predicted octanol–water partition coefficient (Wildman–Crippen LogP) is 1.44. The Kier molecular flexibility index (Phi) is 7.33. The summed E-state index contributed by atoms with van der Waals surface area (Å²) in [6.07, 6.45) is 2.62. The molecule has 10 heteroatoms. The molecule has 0 bridgehead atoms. The molecule has 3 aliphatic rings. The summed E-state index contributed by atoms with van der Waals surface area (Å²) in [6, 6.07) is 0. The van der Waals surface area contributed by atoms with Crippen molar-refractivity contribution in [1.82, 2.24) is 17.2 Å². The second-order valence-electron chi connectivity index (χ2n) is 9.69. The molecule has 0 aromatic rings. The van der Waals surface area contributed by atoms with E-state index in [1.807, 2.05) is 0 Å². The van der Waals surface area contributed by atoms with Gasteiger partial charge in [0.25, 0.3) is 20.4 Å². The van der Waals surface area contributed by atoms with Crippen molar-refractivity contribution in [3.8, 4) is 0 Å². The van der Waals surface area contributed by atoms with Crippen LogP contribution in [0.3, 0.4) is 0 Å². The third kappa shape index (κ3) is 5.33. The average Bonchev–Trinajstić information content (AvgIpc) is 2.87. The van der Waals surface area contributed by atoms with Gasteiger partial charge in [0.05, 0.1) is 0 Å². The maximum atomic E-state index is 13.2. The van der Waals surface area contributed by atoms with E-state index >= 15 is 0 Å². The monoisotopic (exact) mass is 450 g/mol. The highest BCUT2D eigenvalue weighted by Crippen LogP contribution is 2.27. The normalized spacial score (nSPS) is 35.4. The summed E-state index contributed by atoms with van der Waals surface area (Å²) >= 11 is 0. The molecule has 3 rings (SSSR count). The van der Waals surface area contributed by atoms with Gasteiger partial charge >= 0.3 is 0 Å². The average molecular weight is 451 g/mol. The van der Waals surface area contributed by atoms with E-state index in [-0.39, 0.29) is 13.1 Å². The van der Waals surface area contributed by atoms with Crippen molar-refractivity contribution in [2.24, 2.45) is 23.7 Å². The van der Waals surface area contributed by atoms with Crippen LogP contribution >= 0.6 is 0 Å². The first-order chi connectivity index (χ1) is 13.5. The van der Waals surface area contributed by atoms with E-state index in [0.29, 0.717) is 69.4 Å². The molecule has 29 heavy (non-hydrogen) atoms. The second-order valence-corrected chi connectivity index (χ2v) is 13.6. The fourth-order valence-corrected chi connectivity index (χ4v) is 9.02. The highest BCUT2D eigenvalue weighted by Gasteiger charge is 2.39. The van der Waals surface area contributed by atoms with E-state index in [9.17, 15) is 16.8 Å². The van der Waals surface area contributed by atoms with Crippen LogP contribution in [-0.4, -0.2) is 86.4 Å². The molecule has 3 heterocycles. The zero-order valence-electron chi connectivity index (χ0n) is 18.3. The van der Waals surface area contributed by atoms with Crippen LogP contribution in [0.5, 0.6) is 0 Å². The lowest BCUT2D eigenvalue weighted by molar-refractivity contribution is 0.206. The maximum Gasteiger partial charge on any atom is 0.282 e. The van der Waals surface area contributed by atoms with Gasteiger partial charge in [0.1, 0.15) is 0 Å². The summed E-state index contributed by atoms with van der Waals surface area (Å²) in [5.74, 6) is 1.39. The Bertz CT molecular complexity index is 689. The Morgan fingerprint density at radius 1 is 0.517 bits per heavy atom. The van der Waals surface area contributed by atoms with Crippen LogP contribution in [0, 0.1) is 23.7 Å². The van der Waals surface area contributed by atoms with E-state index in [2.05, 4.69) is 27.7 Å². The van der Waals surface area contributed by atoms with Gasteiger partial charge in [0, 0.05) is 52.4 Å². The fourth-order valence-electron chi connectivity index (χ4n) is 5.25. The van der Waals surface area contributed by atoms with Gasteiger partial charge in [-0.05, 0) is 42.9 Å². The minimum atomic E-state index is -3.55. The van der Waals surface area contributed by atoms with E-state index in [4.69, 9.17) is 0 Å². The van der Waals surface area contributed by atoms with Crippen molar-refractivity contribution in [1.29, 1.82) is 0 Å². The van der Waals surface area contributed by atoms with E-state index in [0.717, 1.165) is 12.8 Å². The Morgan fingerprint density at radius 3 is 1.14 bits per heavy atom. The first-order valence-electron chi connectivity index (χ1n) is 11.0. The van der Waals surface area contributed by atoms with Crippen LogP contribution < -0.4 is 0 Å². The van der Waals surface area contributed by atoms with Crippen molar-refractivity contribution >= 4 is 20.4 Å². The molecule has 0 aromatic heterocycles. The van der Waals surface area contributed by atoms with E-state index in [1.165, 1.54) is 8.61 Å². The summed E-state index contributed by atoms with van der Waals surface area (Å²) in [7, 11) is -7.11. The summed E-state index contributed by atoms with van der Waals surface area (Å²) in [5.41, 5.74) is 0. The lowest BCUT2D eigenvalue weighted by atomic mass is 9.94. The molecule has 170 valence electrons. The molecule has 0 saturated carbocycles. The van der Waals surface area contributed by atoms with Crippen LogP contribution in [0.2, 0.25) is 0 Å². The van der Waals surface area contributed by atoms with Crippen LogP contribution in [-0.2, 0) is 20.4 Å². The van der Waals surface area contributed by atoms with E-state index in [1.54, 1.807) is 8.61 Å². The van der Waals surface area contributed by atoms with Crippen LogP contribution in [0.1, 0.15) is 47.0 Å². The first-order valence-corrected chi connectivity index (χ1v) is 13.8. The number of hydrogen-bond acceptors (Lipinski definition) is 4. The molecule has 3 fully saturated rings. The largest absolute Gasteiger partial charge is 0.282 e. The third-order valence-electron chi connectivity index (χ3n) is 6.39. The van der Waals surface area contributed by atoms with Crippen molar-refractivity contribution in [3.05, 3.63) is 0 Å². The molecule has 0 amide bonds. The van der Waals surface area contributed by atoms with Crippen molar-refractivity contribution in [2.75, 3.05) is 52.4 Å². The lowest BCUT2D eigenvalue weighted by Gasteiger charge is -2.37. The van der Waals surface area contributed by atoms with Gasteiger partial charge in [-0.15, -0.1) is 0 Å². The summed E-state index contributed by atoms with van der Waals surface area (Å²) in [6.45, 7) is 11.8. The van der Waals surface area contributed by atoms with Gasteiger partial charge in [-0.2, -0.15) is 34.1 Å². The molecule has 3 saturated heterocycles. The topological polar surface area (TPSA) is 81.2 Å². The zero-order chi connectivity index (χ0) is 21.4. The van der Waals surface area contributed by atoms with Gasteiger partial charge in [-0.3, -0.25) is 0 Å².